The van der Waals surface area contributed by atoms with Crippen LogP contribution in [-0.2, 0) is 0 Å². The van der Waals surface area contributed by atoms with E-state index in [-0.39, 0.29) is 5.69 Å². The third-order valence-corrected chi connectivity index (χ3v) is 2.91. The van der Waals surface area contributed by atoms with Crippen molar-refractivity contribution in [2.45, 2.75) is 0 Å². The van der Waals surface area contributed by atoms with E-state index in [1.807, 2.05) is 0 Å². The minimum atomic E-state index is -1.13. The average molecular weight is 297 g/mol. The molecular weight excluding hydrogens is 286 g/mol. The van der Waals surface area contributed by atoms with Gasteiger partial charge in [0.25, 0.3) is 0 Å². The fourth-order valence-electron chi connectivity index (χ4n) is 1.89. The normalized spacial score (nSPS) is 10.4. The molecule has 0 saturated carbocycles. The highest BCUT2D eigenvalue weighted by Gasteiger charge is 2.17. The molecular formula is C14H11N5O3. The number of carboxylic acid groups (broad SMARTS) is 1. The summed E-state index contributed by atoms with van der Waals surface area (Å²) in [6, 6.07) is 10.0. The maximum Gasteiger partial charge on any atom is 0.356 e. The van der Waals surface area contributed by atoms with Crippen LogP contribution in [0.3, 0.4) is 0 Å². The first-order valence-electron chi connectivity index (χ1n) is 6.32. The van der Waals surface area contributed by atoms with E-state index < -0.39 is 5.97 Å². The van der Waals surface area contributed by atoms with Crippen LogP contribution in [0.2, 0.25) is 0 Å². The van der Waals surface area contributed by atoms with Crippen LogP contribution in [0.25, 0.3) is 17.2 Å². The number of nitrogens with zero attached hydrogens (tertiary/aromatic N) is 5. The number of carboxylic acids is 1. The minimum Gasteiger partial charge on any atom is -0.480 e. The van der Waals surface area contributed by atoms with E-state index >= 15 is 0 Å². The number of rotatable bonds is 4. The molecule has 0 saturated heterocycles. The summed E-state index contributed by atoms with van der Waals surface area (Å²) in [5, 5.41) is 21.0. The molecule has 0 bridgehead atoms. The molecule has 8 heteroatoms. The highest BCUT2D eigenvalue weighted by Crippen LogP contribution is 2.21. The summed E-state index contributed by atoms with van der Waals surface area (Å²) in [5.41, 5.74) is 0.996. The lowest BCUT2D eigenvalue weighted by molar-refractivity contribution is 0.0690. The molecule has 0 aliphatic carbocycles. The van der Waals surface area contributed by atoms with Crippen LogP contribution in [0.5, 0.6) is 5.88 Å². The lowest BCUT2D eigenvalue weighted by Crippen LogP contribution is -2.05. The van der Waals surface area contributed by atoms with Crippen molar-refractivity contribution < 1.29 is 14.6 Å². The van der Waals surface area contributed by atoms with E-state index in [9.17, 15) is 4.79 Å². The molecule has 3 rings (SSSR count). The fraction of sp³-hybridized carbons (Fsp3) is 0.0714. The number of aromatic carboxylic acids is 1. The molecule has 8 nitrogen and oxygen atoms in total. The molecule has 3 heterocycles. The van der Waals surface area contributed by atoms with Gasteiger partial charge < -0.3 is 9.84 Å². The standard InChI is InChI=1S/C14H11N5O3/c1-22-13-6-5-12(16-17-13)19-11(8-10(18-19)14(20)21)9-4-2-3-7-15-9/h2-8H,1H3,(H,20,21). The predicted molar refractivity (Wildman–Crippen MR) is 75.9 cm³/mol. The molecule has 3 aromatic heterocycles. The molecule has 1 N–H and O–H groups in total. The van der Waals surface area contributed by atoms with Crippen molar-refractivity contribution in [1.29, 1.82) is 0 Å². The van der Waals surface area contributed by atoms with Crippen LogP contribution in [0.15, 0.2) is 42.6 Å². The van der Waals surface area contributed by atoms with Gasteiger partial charge in [-0.25, -0.2) is 9.48 Å². The first kappa shape index (κ1) is 13.7. The Balaban J connectivity index is 2.14. The van der Waals surface area contributed by atoms with E-state index in [2.05, 4.69) is 20.3 Å². The van der Waals surface area contributed by atoms with Crippen LogP contribution in [0, 0.1) is 0 Å². The fourth-order valence-corrected chi connectivity index (χ4v) is 1.89. The molecule has 0 aliphatic heterocycles. The number of carbonyl (C=O) groups is 1. The average Bonchev–Trinajstić information content (AvgIpc) is 3.01. The Hall–Kier alpha value is -3.29. The van der Waals surface area contributed by atoms with Gasteiger partial charge in [0.05, 0.1) is 18.5 Å². The Morgan fingerprint density at radius 2 is 2.09 bits per heavy atom. The van der Waals surface area contributed by atoms with Crippen molar-refractivity contribution in [3.63, 3.8) is 0 Å². The van der Waals surface area contributed by atoms with Crippen molar-refractivity contribution in [2.24, 2.45) is 0 Å². The van der Waals surface area contributed by atoms with E-state index in [0.717, 1.165) is 0 Å². The summed E-state index contributed by atoms with van der Waals surface area (Å²) >= 11 is 0. The Morgan fingerprint density at radius 1 is 1.23 bits per heavy atom. The summed E-state index contributed by atoms with van der Waals surface area (Å²) in [6.07, 6.45) is 1.62. The lowest BCUT2D eigenvalue weighted by Gasteiger charge is -2.05. The number of hydrogen-bond donors (Lipinski definition) is 1. The number of hydrogen-bond acceptors (Lipinski definition) is 6. The van der Waals surface area contributed by atoms with Crippen LogP contribution < -0.4 is 4.74 Å². The molecule has 22 heavy (non-hydrogen) atoms. The molecule has 0 fully saturated rings. The number of aromatic nitrogens is 5. The summed E-state index contributed by atoms with van der Waals surface area (Å²) < 4.78 is 6.34. The number of ether oxygens (including phenoxy) is 1. The van der Waals surface area contributed by atoms with Gasteiger partial charge in [-0.05, 0) is 18.2 Å². The van der Waals surface area contributed by atoms with Crippen molar-refractivity contribution >= 4 is 5.97 Å². The monoisotopic (exact) mass is 297 g/mol. The van der Waals surface area contributed by atoms with Gasteiger partial charge in [0.1, 0.15) is 0 Å². The van der Waals surface area contributed by atoms with Gasteiger partial charge in [-0.2, -0.15) is 5.10 Å². The van der Waals surface area contributed by atoms with Crippen LogP contribution >= 0.6 is 0 Å². The van der Waals surface area contributed by atoms with Gasteiger partial charge in [0.2, 0.25) is 5.88 Å². The third kappa shape index (κ3) is 2.49. The molecule has 3 aromatic rings. The molecule has 110 valence electrons. The largest absolute Gasteiger partial charge is 0.480 e. The van der Waals surface area contributed by atoms with Crippen LogP contribution in [-0.4, -0.2) is 43.1 Å². The zero-order valence-electron chi connectivity index (χ0n) is 11.5. The summed E-state index contributed by atoms with van der Waals surface area (Å²) in [4.78, 5) is 15.4. The summed E-state index contributed by atoms with van der Waals surface area (Å²) in [6.45, 7) is 0. The summed E-state index contributed by atoms with van der Waals surface area (Å²) in [5.74, 6) is -0.403. The van der Waals surface area contributed by atoms with Crippen molar-refractivity contribution in [3.8, 4) is 23.1 Å². The van der Waals surface area contributed by atoms with E-state index in [0.29, 0.717) is 23.1 Å². The third-order valence-electron chi connectivity index (χ3n) is 2.91. The highest BCUT2D eigenvalue weighted by atomic mass is 16.5. The molecule has 0 radical (unpaired) electrons. The Morgan fingerprint density at radius 3 is 2.68 bits per heavy atom. The predicted octanol–water partition coefficient (Wildman–Crippen LogP) is 1.43. The van der Waals surface area contributed by atoms with Gasteiger partial charge in [0, 0.05) is 18.3 Å². The Labute approximate surface area is 125 Å². The van der Waals surface area contributed by atoms with E-state index in [4.69, 9.17) is 9.84 Å². The number of pyridine rings is 1. The SMILES string of the molecule is COc1ccc(-n2nc(C(=O)O)cc2-c2ccccn2)nn1. The van der Waals surface area contributed by atoms with E-state index in [1.165, 1.54) is 17.9 Å². The molecule has 0 atom stereocenters. The first-order valence-corrected chi connectivity index (χ1v) is 6.32. The zero-order chi connectivity index (χ0) is 15.5. The van der Waals surface area contributed by atoms with Crippen LogP contribution in [0.4, 0.5) is 0 Å². The topological polar surface area (TPSA) is 103 Å². The molecule has 0 amide bonds. The molecule has 0 unspecified atom stereocenters. The van der Waals surface area contributed by atoms with E-state index in [1.54, 1.807) is 36.5 Å². The molecule has 0 aliphatic rings. The second-order valence-electron chi connectivity index (χ2n) is 4.28. The maximum absolute atomic E-state index is 11.2. The van der Waals surface area contributed by atoms with Crippen LogP contribution in [0.1, 0.15) is 10.5 Å². The molecule has 0 aromatic carbocycles. The van der Waals surface area contributed by atoms with Gasteiger partial charge in [-0.3, -0.25) is 4.98 Å². The van der Waals surface area contributed by atoms with Gasteiger partial charge >= 0.3 is 5.97 Å². The van der Waals surface area contributed by atoms with Crippen molar-refractivity contribution in [1.82, 2.24) is 25.0 Å². The van der Waals surface area contributed by atoms with Gasteiger partial charge in [0.15, 0.2) is 11.5 Å². The maximum atomic E-state index is 11.2. The minimum absolute atomic E-state index is 0.0988. The lowest BCUT2D eigenvalue weighted by atomic mass is 10.2. The van der Waals surface area contributed by atoms with Gasteiger partial charge in [-0.15, -0.1) is 10.2 Å². The zero-order valence-corrected chi connectivity index (χ0v) is 11.5. The first-order chi connectivity index (χ1) is 10.7. The Kier molecular flexibility index (Phi) is 3.48. The van der Waals surface area contributed by atoms with Crippen molar-refractivity contribution in [3.05, 3.63) is 48.3 Å². The second-order valence-corrected chi connectivity index (χ2v) is 4.28. The molecule has 0 spiro atoms. The number of methoxy groups -OCH3 is 1. The highest BCUT2D eigenvalue weighted by molar-refractivity contribution is 5.87. The van der Waals surface area contributed by atoms with Gasteiger partial charge in [-0.1, -0.05) is 6.07 Å². The Bertz CT molecular complexity index is 799. The summed E-state index contributed by atoms with van der Waals surface area (Å²) in [7, 11) is 1.49. The quantitative estimate of drug-likeness (QED) is 0.776. The van der Waals surface area contributed by atoms with Crippen molar-refractivity contribution in [2.75, 3.05) is 7.11 Å². The second kappa shape index (κ2) is 5.60. The smallest absolute Gasteiger partial charge is 0.356 e.